The summed E-state index contributed by atoms with van der Waals surface area (Å²) in [6, 6.07) is 2.77. The Morgan fingerprint density at radius 3 is 2.40 bits per heavy atom. The Labute approximate surface area is 120 Å². The number of hydrogen-bond donors (Lipinski definition) is 3. The number of benzene rings is 1. The van der Waals surface area contributed by atoms with E-state index in [2.05, 4.69) is 5.32 Å². The first-order valence-electron chi connectivity index (χ1n) is 6.81. The number of hydrogen-bond acceptors (Lipinski definition) is 4. The molecule has 4 N–H and O–H groups in total. The van der Waals surface area contributed by atoms with Crippen molar-refractivity contribution in [3.05, 3.63) is 17.9 Å². The van der Waals surface area contributed by atoms with Crippen LogP contribution < -0.4 is 15.8 Å². The van der Waals surface area contributed by atoms with E-state index < -0.39 is 17.0 Å². The minimum absolute atomic E-state index is 0.162. The number of anilines is 2. The number of ether oxygens (including phenoxy) is 1. The van der Waals surface area contributed by atoms with Crippen LogP contribution in [0.25, 0.3) is 0 Å². The van der Waals surface area contributed by atoms with Crippen molar-refractivity contribution in [1.29, 1.82) is 0 Å². The van der Waals surface area contributed by atoms with E-state index in [1.165, 1.54) is 12.1 Å². The molecular weight excluding hydrogens is 259 g/mol. The van der Waals surface area contributed by atoms with Crippen LogP contribution in [0.4, 0.5) is 15.8 Å². The molecule has 0 unspecified atom stereocenters. The zero-order chi connectivity index (χ0) is 15.6. The Morgan fingerprint density at radius 2 is 1.90 bits per heavy atom. The van der Waals surface area contributed by atoms with Crippen molar-refractivity contribution >= 4 is 11.4 Å². The molecule has 1 aromatic carbocycles. The van der Waals surface area contributed by atoms with Gasteiger partial charge in [0.15, 0.2) is 11.6 Å². The average Bonchev–Trinajstić information content (AvgIpc) is 2.29. The van der Waals surface area contributed by atoms with Crippen molar-refractivity contribution in [2.75, 3.05) is 17.7 Å². The van der Waals surface area contributed by atoms with E-state index in [9.17, 15) is 9.50 Å². The predicted octanol–water partition coefficient (Wildman–Crippen LogP) is 3.16. The van der Waals surface area contributed by atoms with Gasteiger partial charge in [0.25, 0.3) is 0 Å². The first-order valence-corrected chi connectivity index (χ1v) is 6.81. The van der Waals surface area contributed by atoms with Gasteiger partial charge in [0.1, 0.15) is 0 Å². The summed E-state index contributed by atoms with van der Waals surface area (Å²) < 4.78 is 19.1. The Morgan fingerprint density at radius 1 is 1.30 bits per heavy atom. The van der Waals surface area contributed by atoms with Crippen LogP contribution in [0.2, 0.25) is 0 Å². The van der Waals surface area contributed by atoms with E-state index >= 15 is 0 Å². The van der Waals surface area contributed by atoms with Crippen LogP contribution in [0.15, 0.2) is 12.1 Å². The summed E-state index contributed by atoms with van der Waals surface area (Å²) in [6.07, 6.45) is 0.793. The largest absolute Gasteiger partial charge is 0.490 e. The van der Waals surface area contributed by atoms with E-state index in [0.29, 0.717) is 12.3 Å². The second-order valence-electron chi connectivity index (χ2n) is 6.03. The molecule has 0 aromatic heterocycles. The van der Waals surface area contributed by atoms with Gasteiger partial charge >= 0.3 is 0 Å². The van der Waals surface area contributed by atoms with Crippen LogP contribution >= 0.6 is 0 Å². The highest BCUT2D eigenvalue weighted by molar-refractivity contribution is 5.69. The number of nitrogen functional groups attached to an aromatic ring is 1. The fourth-order valence-electron chi connectivity index (χ4n) is 1.49. The van der Waals surface area contributed by atoms with Gasteiger partial charge in [0.05, 0.1) is 29.1 Å². The Bertz CT molecular complexity index is 468. The SMILES string of the molecule is CCCOc1cc(NC(C)(C)C(C)(C)O)c(N)cc1F. The first kappa shape index (κ1) is 16.6. The lowest BCUT2D eigenvalue weighted by molar-refractivity contribution is 0.0240. The summed E-state index contributed by atoms with van der Waals surface area (Å²) in [5.74, 6) is -0.322. The summed E-state index contributed by atoms with van der Waals surface area (Å²) in [5.41, 5.74) is 5.04. The van der Waals surface area contributed by atoms with Gasteiger partial charge in [0, 0.05) is 12.1 Å². The van der Waals surface area contributed by atoms with Gasteiger partial charge < -0.3 is 20.9 Å². The van der Waals surface area contributed by atoms with Gasteiger partial charge in [-0.15, -0.1) is 0 Å². The quantitative estimate of drug-likeness (QED) is 0.702. The molecule has 0 saturated heterocycles. The molecule has 0 heterocycles. The Kier molecular flexibility index (Phi) is 4.86. The van der Waals surface area contributed by atoms with E-state index in [-0.39, 0.29) is 11.4 Å². The highest BCUT2D eigenvalue weighted by atomic mass is 19.1. The molecule has 0 radical (unpaired) electrons. The van der Waals surface area contributed by atoms with E-state index in [1.54, 1.807) is 13.8 Å². The number of halogens is 1. The van der Waals surface area contributed by atoms with E-state index in [4.69, 9.17) is 10.5 Å². The fourth-order valence-corrected chi connectivity index (χ4v) is 1.49. The number of nitrogens with two attached hydrogens (primary N) is 1. The molecule has 1 aromatic rings. The van der Waals surface area contributed by atoms with Crippen molar-refractivity contribution in [2.45, 2.75) is 52.2 Å². The molecule has 1 rings (SSSR count). The molecule has 20 heavy (non-hydrogen) atoms. The summed E-state index contributed by atoms with van der Waals surface area (Å²) >= 11 is 0. The normalized spacial score (nSPS) is 12.3. The summed E-state index contributed by atoms with van der Waals surface area (Å²) in [5, 5.41) is 13.3. The number of aliphatic hydroxyl groups is 1. The first-order chi connectivity index (χ1) is 9.08. The molecule has 5 heteroatoms. The molecule has 4 nitrogen and oxygen atoms in total. The number of rotatable bonds is 6. The lowest BCUT2D eigenvalue weighted by atomic mass is 9.85. The standard InChI is InChI=1S/C15H25FN2O2/c1-6-7-20-13-9-12(11(17)8-10(13)16)18-14(2,3)15(4,5)19/h8-9,18-19H,6-7,17H2,1-5H3. The summed E-state index contributed by atoms with van der Waals surface area (Å²) in [7, 11) is 0. The topological polar surface area (TPSA) is 67.5 Å². The molecular formula is C15H25FN2O2. The monoisotopic (exact) mass is 284 g/mol. The molecule has 0 atom stereocenters. The highest BCUT2D eigenvalue weighted by Gasteiger charge is 2.35. The average molecular weight is 284 g/mol. The molecule has 0 aliphatic heterocycles. The van der Waals surface area contributed by atoms with Crippen molar-refractivity contribution < 1.29 is 14.2 Å². The third-order valence-electron chi connectivity index (χ3n) is 3.54. The third-order valence-corrected chi connectivity index (χ3v) is 3.54. The molecule has 0 aliphatic carbocycles. The van der Waals surface area contributed by atoms with Gasteiger partial charge in [-0.25, -0.2) is 4.39 Å². The lowest BCUT2D eigenvalue weighted by Gasteiger charge is -2.39. The molecule has 0 bridgehead atoms. The van der Waals surface area contributed by atoms with Gasteiger partial charge in [-0.3, -0.25) is 0 Å². The maximum Gasteiger partial charge on any atom is 0.167 e. The van der Waals surface area contributed by atoms with E-state index in [1.807, 2.05) is 20.8 Å². The molecule has 0 saturated carbocycles. The van der Waals surface area contributed by atoms with Crippen LogP contribution in [0, 0.1) is 5.82 Å². The van der Waals surface area contributed by atoms with Gasteiger partial charge in [-0.1, -0.05) is 6.92 Å². The van der Waals surface area contributed by atoms with E-state index in [0.717, 1.165) is 6.42 Å². The molecule has 114 valence electrons. The lowest BCUT2D eigenvalue weighted by Crippen LogP contribution is -2.51. The van der Waals surface area contributed by atoms with Gasteiger partial charge in [-0.05, 0) is 34.1 Å². The summed E-state index contributed by atoms with van der Waals surface area (Å²) in [6.45, 7) is 9.49. The number of nitrogens with one attached hydrogen (secondary N) is 1. The van der Waals surface area contributed by atoms with Gasteiger partial charge in [-0.2, -0.15) is 0 Å². The second kappa shape index (κ2) is 5.87. The van der Waals surface area contributed by atoms with Crippen molar-refractivity contribution in [1.82, 2.24) is 0 Å². The minimum atomic E-state index is -0.974. The Balaban J connectivity index is 3.06. The molecule has 0 fully saturated rings. The van der Waals surface area contributed by atoms with Crippen molar-refractivity contribution in [3.8, 4) is 5.75 Å². The third kappa shape index (κ3) is 3.76. The summed E-state index contributed by atoms with van der Waals surface area (Å²) in [4.78, 5) is 0. The van der Waals surface area contributed by atoms with Crippen molar-refractivity contribution in [3.63, 3.8) is 0 Å². The van der Waals surface area contributed by atoms with Gasteiger partial charge in [0.2, 0.25) is 0 Å². The molecule has 0 aliphatic rings. The van der Waals surface area contributed by atoms with Crippen molar-refractivity contribution in [2.24, 2.45) is 0 Å². The predicted molar refractivity (Wildman–Crippen MR) is 80.6 cm³/mol. The van der Waals surface area contributed by atoms with Crippen LogP contribution in [-0.2, 0) is 0 Å². The van der Waals surface area contributed by atoms with Crippen LogP contribution in [0.3, 0.4) is 0 Å². The highest BCUT2D eigenvalue weighted by Crippen LogP contribution is 2.33. The molecule has 0 spiro atoms. The zero-order valence-corrected chi connectivity index (χ0v) is 12.9. The zero-order valence-electron chi connectivity index (χ0n) is 12.9. The molecule has 0 amide bonds. The maximum absolute atomic E-state index is 13.7. The van der Waals surface area contributed by atoms with Crippen LogP contribution in [-0.4, -0.2) is 22.9 Å². The maximum atomic E-state index is 13.7. The minimum Gasteiger partial charge on any atom is -0.490 e. The van der Waals surface area contributed by atoms with Crippen LogP contribution in [0.1, 0.15) is 41.0 Å². The Hall–Kier alpha value is -1.49. The smallest absolute Gasteiger partial charge is 0.167 e. The van der Waals surface area contributed by atoms with Crippen LogP contribution in [0.5, 0.6) is 5.75 Å². The fraction of sp³-hybridized carbons (Fsp3) is 0.600. The second-order valence-corrected chi connectivity index (χ2v) is 6.03.